The maximum absolute atomic E-state index is 4.53. The van der Waals surface area contributed by atoms with Crippen LogP contribution in [-0.2, 0) is 0 Å². The average Bonchev–Trinajstić information content (AvgIpc) is 3.09. The zero-order valence-electron chi connectivity index (χ0n) is 16.0. The highest BCUT2D eigenvalue weighted by atomic mass is 15.1. The van der Waals surface area contributed by atoms with Gasteiger partial charge in [0.25, 0.3) is 0 Å². The first kappa shape index (κ1) is 20.5. The normalized spacial score (nSPS) is 15.5. The molecule has 0 saturated carbocycles. The van der Waals surface area contributed by atoms with E-state index in [1.165, 1.54) is 102 Å². The average molecular weight is 323 g/mol. The Hall–Kier alpha value is -0.530. The number of hydrogen-bond acceptors (Lipinski definition) is 2. The van der Waals surface area contributed by atoms with E-state index < -0.39 is 0 Å². The fourth-order valence-electron chi connectivity index (χ4n) is 3.53. The van der Waals surface area contributed by atoms with Gasteiger partial charge in [-0.15, -0.1) is 0 Å². The second-order valence-electron chi connectivity index (χ2n) is 7.48. The number of amidine groups is 1. The van der Waals surface area contributed by atoms with Crippen molar-refractivity contribution in [2.45, 2.75) is 110 Å². The lowest BCUT2D eigenvalue weighted by molar-refractivity contribution is 0.522. The molecule has 0 aromatic heterocycles. The Bertz CT molecular complexity index is 286. The highest BCUT2D eigenvalue weighted by molar-refractivity contribution is 5.85. The maximum Gasteiger partial charge on any atom is 0.0993 e. The SMILES string of the molecule is CCCCCCCCCCCCCCCCC(C)C1=NCCN1. The Morgan fingerprint density at radius 2 is 1.26 bits per heavy atom. The second-order valence-corrected chi connectivity index (χ2v) is 7.48. The van der Waals surface area contributed by atoms with Gasteiger partial charge in [-0.2, -0.15) is 0 Å². The minimum atomic E-state index is 0.648. The smallest absolute Gasteiger partial charge is 0.0993 e. The van der Waals surface area contributed by atoms with Gasteiger partial charge in [0, 0.05) is 12.5 Å². The highest BCUT2D eigenvalue weighted by Crippen LogP contribution is 2.15. The first-order valence-electron chi connectivity index (χ1n) is 10.6. The molecule has 2 nitrogen and oxygen atoms in total. The van der Waals surface area contributed by atoms with E-state index in [9.17, 15) is 0 Å². The van der Waals surface area contributed by atoms with Gasteiger partial charge in [-0.25, -0.2) is 0 Å². The summed E-state index contributed by atoms with van der Waals surface area (Å²) in [5, 5.41) is 3.41. The van der Waals surface area contributed by atoms with Gasteiger partial charge in [-0.05, 0) is 6.42 Å². The van der Waals surface area contributed by atoms with Crippen molar-refractivity contribution in [3.8, 4) is 0 Å². The van der Waals surface area contributed by atoms with Gasteiger partial charge in [0.15, 0.2) is 0 Å². The molecule has 1 rings (SSSR count). The molecular weight excluding hydrogens is 280 g/mol. The van der Waals surface area contributed by atoms with E-state index in [0.29, 0.717) is 5.92 Å². The zero-order chi connectivity index (χ0) is 16.6. The highest BCUT2D eigenvalue weighted by Gasteiger charge is 2.12. The molecule has 0 amide bonds. The van der Waals surface area contributed by atoms with Crippen LogP contribution in [-0.4, -0.2) is 18.9 Å². The Kier molecular flexibility index (Phi) is 13.4. The standard InChI is InChI=1S/C21H42N2/c1-3-4-5-6-7-8-9-10-11-12-13-14-15-16-17-20(2)21-22-18-19-23-21/h20H,3-19H2,1-2H3,(H,22,23). The molecule has 1 aliphatic heterocycles. The van der Waals surface area contributed by atoms with Gasteiger partial charge in [-0.3, -0.25) is 4.99 Å². The topological polar surface area (TPSA) is 24.4 Å². The van der Waals surface area contributed by atoms with Crippen molar-refractivity contribution in [3.63, 3.8) is 0 Å². The first-order chi connectivity index (χ1) is 11.3. The van der Waals surface area contributed by atoms with Crippen molar-refractivity contribution in [3.05, 3.63) is 0 Å². The van der Waals surface area contributed by atoms with Crippen molar-refractivity contribution in [1.82, 2.24) is 5.32 Å². The third-order valence-electron chi connectivity index (χ3n) is 5.16. The van der Waals surface area contributed by atoms with Gasteiger partial charge in [0.05, 0.1) is 12.4 Å². The number of rotatable bonds is 16. The molecule has 1 heterocycles. The summed E-state index contributed by atoms with van der Waals surface area (Å²) in [5.74, 6) is 1.91. The number of nitrogens with one attached hydrogen (secondary N) is 1. The van der Waals surface area contributed by atoms with E-state index in [0.717, 1.165) is 13.1 Å². The summed E-state index contributed by atoms with van der Waals surface area (Å²) < 4.78 is 0. The summed E-state index contributed by atoms with van der Waals surface area (Å²) in [4.78, 5) is 4.53. The largest absolute Gasteiger partial charge is 0.372 e. The maximum atomic E-state index is 4.53. The third kappa shape index (κ3) is 11.6. The Balaban J connectivity index is 1.73. The molecule has 2 heteroatoms. The number of hydrogen-bond donors (Lipinski definition) is 1. The lowest BCUT2D eigenvalue weighted by atomic mass is 10.0. The first-order valence-corrected chi connectivity index (χ1v) is 10.6. The van der Waals surface area contributed by atoms with Crippen molar-refractivity contribution in [2.24, 2.45) is 10.9 Å². The molecule has 0 bridgehead atoms. The predicted molar refractivity (Wildman–Crippen MR) is 104 cm³/mol. The van der Waals surface area contributed by atoms with E-state index in [-0.39, 0.29) is 0 Å². The molecule has 0 radical (unpaired) electrons. The number of unbranched alkanes of at least 4 members (excludes halogenated alkanes) is 13. The molecule has 136 valence electrons. The van der Waals surface area contributed by atoms with Crippen LogP contribution in [0.3, 0.4) is 0 Å². The van der Waals surface area contributed by atoms with Gasteiger partial charge < -0.3 is 5.32 Å². The lowest BCUT2D eigenvalue weighted by Gasteiger charge is -2.11. The molecule has 0 spiro atoms. The summed E-state index contributed by atoms with van der Waals surface area (Å²) in [6.45, 7) is 6.65. The van der Waals surface area contributed by atoms with E-state index >= 15 is 0 Å². The van der Waals surface area contributed by atoms with Crippen LogP contribution < -0.4 is 5.32 Å². The van der Waals surface area contributed by atoms with Crippen molar-refractivity contribution in [1.29, 1.82) is 0 Å². The van der Waals surface area contributed by atoms with Crippen LogP contribution in [0.25, 0.3) is 0 Å². The quantitative estimate of drug-likeness (QED) is 0.322. The summed E-state index contributed by atoms with van der Waals surface area (Å²) in [5.41, 5.74) is 0. The molecule has 0 aromatic rings. The molecule has 1 atom stereocenters. The minimum absolute atomic E-state index is 0.648. The van der Waals surface area contributed by atoms with Gasteiger partial charge in [-0.1, -0.05) is 104 Å². The zero-order valence-corrected chi connectivity index (χ0v) is 16.0. The number of aliphatic imine (C=N–C) groups is 1. The molecule has 0 fully saturated rings. The predicted octanol–water partition coefficient (Wildman–Crippen LogP) is 6.50. The minimum Gasteiger partial charge on any atom is -0.372 e. The van der Waals surface area contributed by atoms with E-state index in [4.69, 9.17) is 0 Å². The fraction of sp³-hybridized carbons (Fsp3) is 0.952. The van der Waals surface area contributed by atoms with E-state index in [1.807, 2.05) is 0 Å². The van der Waals surface area contributed by atoms with Crippen LogP contribution in [0.5, 0.6) is 0 Å². The van der Waals surface area contributed by atoms with E-state index in [1.54, 1.807) is 0 Å². The molecule has 1 unspecified atom stereocenters. The van der Waals surface area contributed by atoms with Gasteiger partial charge >= 0.3 is 0 Å². The molecule has 1 N–H and O–H groups in total. The van der Waals surface area contributed by atoms with Crippen molar-refractivity contribution in [2.75, 3.05) is 13.1 Å². The van der Waals surface area contributed by atoms with Crippen LogP contribution in [0.2, 0.25) is 0 Å². The Morgan fingerprint density at radius 3 is 1.70 bits per heavy atom. The Morgan fingerprint density at radius 1 is 0.783 bits per heavy atom. The van der Waals surface area contributed by atoms with Crippen LogP contribution in [0.15, 0.2) is 4.99 Å². The van der Waals surface area contributed by atoms with Crippen LogP contribution in [0.1, 0.15) is 110 Å². The van der Waals surface area contributed by atoms with E-state index in [2.05, 4.69) is 24.2 Å². The number of nitrogens with zero attached hydrogens (tertiary/aromatic N) is 1. The molecular formula is C21H42N2. The molecule has 0 aliphatic carbocycles. The summed E-state index contributed by atoms with van der Waals surface area (Å²) in [6, 6.07) is 0. The van der Waals surface area contributed by atoms with Gasteiger partial charge in [0.1, 0.15) is 0 Å². The van der Waals surface area contributed by atoms with Crippen molar-refractivity contribution >= 4 is 5.84 Å². The van der Waals surface area contributed by atoms with Gasteiger partial charge in [0.2, 0.25) is 0 Å². The second kappa shape index (κ2) is 15.0. The molecule has 0 aromatic carbocycles. The lowest BCUT2D eigenvalue weighted by Crippen LogP contribution is -2.25. The monoisotopic (exact) mass is 322 g/mol. The summed E-state index contributed by atoms with van der Waals surface area (Å²) in [7, 11) is 0. The summed E-state index contributed by atoms with van der Waals surface area (Å²) in [6.07, 6.45) is 21.5. The van der Waals surface area contributed by atoms with Crippen LogP contribution in [0, 0.1) is 5.92 Å². The van der Waals surface area contributed by atoms with Crippen molar-refractivity contribution < 1.29 is 0 Å². The fourth-order valence-corrected chi connectivity index (χ4v) is 3.53. The molecule has 1 aliphatic rings. The third-order valence-corrected chi connectivity index (χ3v) is 5.16. The molecule has 0 saturated heterocycles. The summed E-state index contributed by atoms with van der Waals surface area (Å²) >= 11 is 0. The molecule has 23 heavy (non-hydrogen) atoms. The van der Waals surface area contributed by atoms with Crippen LogP contribution >= 0.6 is 0 Å². The van der Waals surface area contributed by atoms with Crippen LogP contribution in [0.4, 0.5) is 0 Å². The Labute approximate surface area is 145 Å².